The van der Waals surface area contributed by atoms with Gasteiger partial charge in [-0.05, 0) is 47.6 Å². The first-order valence-corrected chi connectivity index (χ1v) is 13.5. The van der Waals surface area contributed by atoms with Gasteiger partial charge < -0.3 is 10.2 Å². The van der Waals surface area contributed by atoms with Crippen LogP contribution in [0.4, 0.5) is 5.69 Å². The Kier molecular flexibility index (Phi) is 7.73. The summed E-state index contributed by atoms with van der Waals surface area (Å²) in [7, 11) is 0. The average Bonchev–Trinajstić information content (AvgIpc) is 3.23. The Morgan fingerprint density at radius 3 is 2.36 bits per heavy atom. The predicted molar refractivity (Wildman–Crippen MR) is 155 cm³/mol. The number of hydrogen-bond donors (Lipinski definition) is 1. The van der Waals surface area contributed by atoms with Gasteiger partial charge in [0.25, 0.3) is 5.91 Å². The van der Waals surface area contributed by atoms with Crippen LogP contribution in [-0.4, -0.2) is 41.8 Å². The van der Waals surface area contributed by atoms with Crippen LogP contribution in [0.15, 0.2) is 91.0 Å². The van der Waals surface area contributed by atoms with Crippen molar-refractivity contribution in [3.8, 4) is 0 Å². The Bertz CT molecular complexity index is 1510. The van der Waals surface area contributed by atoms with E-state index in [2.05, 4.69) is 5.32 Å². The normalized spacial score (nSPS) is 13.0. The Morgan fingerprint density at radius 1 is 0.897 bits per heavy atom. The third-order valence-electron chi connectivity index (χ3n) is 7.36. The minimum absolute atomic E-state index is 0.148. The van der Waals surface area contributed by atoms with Crippen molar-refractivity contribution >= 4 is 34.2 Å². The summed E-state index contributed by atoms with van der Waals surface area (Å²) in [6.07, 6.45) is 1.16. The summed E-state index contributed by atoms with van der Waals surface area (Å²) in [4.78, 5) is 44.4. The molecule has 0 radical (unpaired) electrons. The second-order valence-corrected chi connectivity index (χ2v) is 10.0. The number of nitrogens with one attached hydrogen (secondary N) is 1. The van der Waals surface area contributed by atoms with E-state index in [1.165, 1.54) is 0 Å². The van der Waals surface area contributed by atoms with Gasteiger partial charge in [-0.3, -0.25) is 19.3 Å². The third-order valence-corrected chi connectivity index (χ3v) is 7.36. The summed E-state index contributed by atoms with van der Waals surface area (Å²) in [5.41, 5.74) is 4.30. The van der Waals surface area contributed by atoms with Crippen LogP contribution in [0, 0.1) is 6.92 Å². The zero-order chi connectivity index (χ0) is 27.4. The maximum atomic E-state index is 14.2. The summed E-state index contributed by atoms with van der Waals surface area (Å²) in [5, 5.41) is 4.84. The largest absolute Gasteiger partial charge is 0.354 e. The first-order valence-electron chi connectivity index (χ1n) is 13.5. The lowest BCUT2D eigenvalue weighted by Gasteiger charge is -2.33. The van der Waals surface area contributed by atoms with Crippen molar-refractivity contribution < 1.29 is 14.4 Å². The Balaban J connectivity index is 1.51. The Labute approximate surface area is 229 Å². The van der Waals surface area contributed by atoms with E-state index < -0.39 is 6.04 Å². The number of anilines is 1. The van der Waals surface area contributed by atoms with Gasteiger partial charge in [0.15, 0.2) is 0 Å². The number of rotatable bonds is 10. The van der Waals surface area contributed by atoms with Crippen molar-refractivity contribution in [1.29, 1.82) is 0 Å². The minimum Gasteiger partial charge on any atom is -0.354 e. The second kappa shape index (κ2) is 11.5. The van der Waals surface area contributed by atoms with E-state index in [0.29, 0.717) is 18.5 Å². The van der Waals surface area contributed by atoms with Crippen LogP contribution in [0.2, 0.25) is 0 Å². The van der Waals surface area contributed by atoms with Crippen molar-refractivity contribution in [3.05, 3.63) is 113 Å². The number of carbonyl (C=O) groups is 3. The fraction of sp³-hybridized carbons (Fsp3) is 0.242. The SMILES string of the molecule is CCCNC(=O)[C@@H](Cc1ccccc1)N(Cc1ccccc1C)C(=O)CN1C(=O)c2cccc3cccc1c23. The van der Waals surface area contributed by atoms with Gasteiger partial charge in [0.2, 0.25) is 11.8 Å². The van der Waals surface area contributed by atoms with Crippen molar-refractivity contribution in [2.45, 2.75) is 39.3 Å². The molecule has 1 atom stereocenters. The molecule has 1 N–H and O–H groups in total. The molecule has 0 aliphatic carbocycles. The highest BCUT2D eigenvalue weighted by atomic mass is 16.2. The van der Waals surface area contributed by atoms with Gasteiger partial charge >= 0.3 is 0 Å². The van der Waals surface area contributed by atoms with E-state index in [-0.39, 0.29) is 30.8 Å². The minimum atomic E-state index is -0.734. The number of aryl methyl sites for hydroxylation is 1. The molecule has 0 saturated heterocycles. The number of hydrogen-bond acceptors (Lipinski definition) is 3. The molecule has 3 amide bonds. The summed E-state index contributed by atoms with van der Waals surface area (Å²) >= 11 is 0. The van der Waals surface area contributed by atoms with Gasteiger partial charge in [-0.15, -0.1) is 0 Å². The number of carbonyl (C=O) groups excluding carboxylic acids is 3. The Morgan fingerprint density at radius 2 is 1.62 bits per heavy atom. The van der Waals surface area contributed by atoms with Crippen LogP contribution in [0.5, 0.6) is 0 Å². The zero-order valence-electron chi connectivity index (χ0n) is 22.4. The van der Waals surface area contributed by atoms with E-state index in [4.69, 9.17) is 0 Å². The van der Waals surface area contributed by atoms with Crippen LogP contribution >= 0.6 is 0 Å². The predicted octanol–water partition coefficient (Wildman–Crippen LogP) is 5.27. The van der Waals surface area contributed by atoms with E-state index in [1.54, 1.807) is 15.9 Å². The molecule has 1 heterocycles. The molecule has 0 bridgehead atoms. The van der Waals surface area contributed by atoms with Gasteiger partial charge in [-0.2, -0.15) is 0 Å². The summed E-state index contributed by atoms with van der Waals surface area (Å²) in [6, 6.07) is 28.3. The molecule has 6 nitrogen and oxygen atoms in total. The van der Waals surface area contributed by atoms with E-state index in [9.17, 15) is 14.4 Å². The van der Waals surface area contributed by atoms with Gasteiger partial charge in [-0.1, -0.05) is 85.8 Å². The smallest absolute Gasteiger partial charge is 0.259 e. The third kappa shape index (κ3) is 5.41. The van der Waals surface area contributed by atoms with Crippen molar-refractivity contribution in [1.82, 2.24) is 10.2 Å². The molecule has 0 fully saturated rings. The summed E-state index contributed by atoms with van der Waals surface area (Å²) < 4.78 is 0. The molecule has 4 aromatic rings. The van der Waals surface area contributed by atoms with Crippen LogP contribution in [0.3, 0.4) is 0 Å². The van der Waals surface area contributed by atoms with Crippen LogP contribution in [-0.2, 0) is 22.6 Å². The molecule has 6 heteroatoms. The maximum Gasteiger partial charge on any atom is 0.259 e. The number of benzene rings is 4. The highest BCUT2D eigenvalue weighted by Crippen LogP contribution is 2.37. The second-order valence-electron chi connectivity index (χ2n) is 10.0. The highest BCUT2D eigenvalue weighted by molar-refractivity contribution is 6.26. The lowest BCUT2D eigenvalue weighted by molar-refractivity contribution is -0.140. The zero-order valence-corrected chi connectivity index (χ0v) is 22.4. The number of amides is 3. The fourth-order valence-electron chi connectivity index (χ4n) is 5.25. The molecule has 0 aromatic heterocycles. The molecule has 198 valence electrons. The van der Waals surface area contributed by atoms with Crippen molar-refractivity contribution in [2.75, 3.05) is 18.0 Å². The molecule has 0 spiro atoms. The number of nitrogens with zero attached hydrogens (tertiary/aromatic N) is 2. The lowest BCUT2D eigenvalue weighted by Crippen LogP contribution is -2.53. The topological polar surface area (TPSA) is 69.7 Å². The van der Waals surface area contributed by atoms with E-state index in [1.807, 2.05) is 98.8 Å². The van der Waals surface area contributed by atoms with Gasteiger partial charge in [0.05, 0.1) is 5.69 Å². The standard InChI is InChI=1S/C33H33N3O3/c1-3-19-34-32(38)29(20-24-12-5-4-6-13-24)35(21-26-14-8-7-11-23(26)2)30(37)22-36-28-18-10-16-25-15-9-17-27(31(25)28)33(36)39/h4-18,29H,3,19-22H2,1-2H3,(H,34,38)/t29-/m1/s1. The molecule has 5 rings (SSSR count). The van der Waals surface area contributed by atoms with E-state index >= 15 is 0 Å². The van der Waals surface area contributed by atoms with Crippen LogP contribution in [0.1, 0.15) is 40.4 Å². The quantitative estimate of drug-likeness (QED) is 0.310. The molecule has 4 aromatic carbocycles. The van der Waals surface area contributed by atoms with Gasteiger partial charge in [0.1, 0.15) is 12.6 Å². The summed E-state index contributed by atoms with van der Waals surface area (Å²) in [5.74, 6) is -0.661. The molecular weight excluding hydrogens is 486 g/mol. The van der Waals surface area contributed by atoms with Crippen LogP contribution in [0.25, 0.3) is 10.8 Å². The highest BCUT2D eigenvalue weighted by Gasteiger charge is 2.35. The van der Waals surface area contributed by atoms with Crippen molar-refractivity contribution in [3.63, 3.8) is 0 Å². The fourth-order valence-corrected chi connectivity index (χ4v) is 5.25. The molecule has 1 aliphatic rings. The van der Waals surface area contributed by atoms with Crippen LogP contribution < -0.4 is 10.2 Å². The molecule has 1 aliphatic heterocycles. The lowest BCUT2D eigenvalue weighted by atomic mass is 10.0. The molecular formula is C33H33N3O3. The molecule has 0 unspecified atom stereocenters. The van der Waals surface area contributed by atoms with Crippen molar-refractivity contribution in [2.24, 2.45) is 0 Å². The average molecular weight is 520 g/mol. The summed E-state index contributed by atoms with van der Waals surface area (Å²) in [6.45, 7) is 4.65. The van der Waals surface area contributed by atoms with E-state index in [0.717, 1.165) is 39.6 Å². The first kappa shape index (κ1) is 26.2. The Hall–Kier alpha value is -4.45. The monoisotopic (exact) mass is 519 g/mol. The van der Waals surface area contributed by atoms with Gasteiger partial charge in [-0.25, -0.2) is 0 Å². The van der Waals surface area contributed by atoms with Gasteiger partial charge in [0, 0.05) is 30.5 Å². The molecule has 39 heavy (non-hydrogen) atoms. The molecule has 0 saturated carbocycles. The first-order chi connectivity index (χ1) is 19.0. The maximum absolute atomic E-state index is 14.2.